The Hall–Kier alpha value is -3.02. The fourth-order valence-corrected chi connectivity index (χ4v) is 1.68. The molecule has 0 heterocycles. The Balaban J connectivity index is 1.95. The Kier molecular flexibility index (Phi) is 4.40. The van der Waals surface area contributed by atoms with E-state index in [-0.39, 0.29) is 29.6 Å². The molecule has 2 aromatic carbocycles. The lowest BCUT2D eigenvalue weighted by atomic mass is 10.2. The van der Waals surface area contributed by atoms with Crippen molar-refractivity contribution in [1.29, 1.82) is 0 Å². The molecule has 0 unspecified atom stereocenters. The zero-order valence-electron chi connectivity index (χ0n) is 11.1. The largest absolute Gasteiger partial charge is 0.508 e. The molecular weight excluding hydrogens is 272 g/mol. The first-order valence-corrected chi connectivity index (χ1v) is 6.17. The van der Waals surface area contributed by atoms with E-state index >= 15 is 0 Å². The summed E-state index contributed by atoms with van der Waals surface area (Å²) in [7, 11) is 0. The van der Waals surface area contributed by atoms with E-state index in [0.717, 1.165) is 0 Å². The molecule has 6 heteroatoms. The molecular formula is C15H14N2O4. The first-order valence-electron chi connectivity index (χ1n) is 6.17. The molecule has 2 amide bonds. The SMILES string of the molecule is NC(=O)c1ccccc1OCC(=O)Nc1ccc(O)cc1. The van der Waals surface area contributed by atoms with Crippen molar-refractivity contribution in [3.05, 3.63) is 54.1 Å². The number of aromatic hydroxyl groups is 1. The topological polar surface area (TPSA) is 102 Å². The highest BCUT2D eigenvalue weighted by molar-refractivity contribution is 5.96. The summed E-state index contributed by atoms with van der Waals surface area (Å²) in [5, 5.41) is 11.7. The number of carbonyl (C=O) groups excluding carboxylic acids is 2. The van der Waals surface area contributed by atoms with Gasteiger partial charge >= 0.3 is 0 Å². The summed E-state index contributed by atoms with van der Waals surface area (Å²) < 4.78 is 5.29. The van der Waals surface area contributed by atoms with Gasteiger partial charge in [0.2, 0.25) is 0 Å². The van der Waals surface area contributed by atoms with Crippen molar-refractivity contribution in [2.75, 3.05) is 11.9 Å². The summed E-state index contributed by atoms with van der Waals surface area (Å²) >= 11 is 0. The summed E-state index contributed by atoms with van der Waals surface area (Å²) in [5.74, 6) is -0.644. The lowest BCUT2D eigenvalue weighted by Gasteiger charge is -2.09. The van der Waals surface area contributed by atoms with E-state index in [4.69, 9.17) is 15.6 Å². The summed E-state index contributed by atoms with van der Waals surface area (Å²) in [6.45, 7) is -0.259. The third-order valence-electron chi connectivity index (χ3n) is 2.66. The quantitative estimate of drug-likeness (QED) is 0.725. The van der Waals surface area contributed by atoms with Crippen molar-refractivity contribution in [3.8, 4) is 11.5 Å². The third kappa shape index (κ3) is 3.97. The van der Waals surface area contributed by atoms with E-state index < -0.39 is 5.91 Å². The number of para-hydroxylation sites is 1. The highest BCUT2D eigenvalue weighted by atomic mass is 16.5. The smallest absolute Gasteiger partial charge is 0.262 e. The number of phenolic OH excluding ortho intramolecular Hbond substituents is 1. The van der Waals surface area contributed by atoms with Crippen LogP contribution in [0.1, 0.15) is 10.4 Å². The van der Waals surface area contributed by atoms with Gasteiger partial charge in [-0.3, -0.25) is 9.59 Å². The van der Waals surface area contributed by atoms with Gasteiger partial charge in [0, 0.05) is 5.69 Å². The Labute approximate surface area is 121 Å². The lowest BCUT2D eigenvalue weighted by Crippen LogP contribution is -2.21. The second-order valence-electron chi connectivity index (χ2n) is 4.24. The molecule has 2 aromatic rings. The fourth-order valence-electron chi connectivity index (χ4n) is 1.68. The van der Waals surface area contributed by atoms with Crippen LogP contribution in [0.3, 0.4) is 0 Å². The monoisotopic (exact) mass is 286 g/mol. The van der Waals surface area contributed by atoms with Gasteiger partial charge in [0.15, 0.2) is 6.61 Å². The highest BCUT2D eigenvalue weighted by Crippen LogP contribution is 2.17. The maximum Gasteiger partial charge on any atom is 0.262 e. The Morgan fingerprint density at radius 1 is 1.10 bits per heavy atom. The van der Waals surface area contributed by atoms with Gasteiger partial charge in [-0.1, -0.05) is 12.1 Å². The number of benzene rings is 2. The number of hydrogen-bond acceptors (Lipinski definition) is 4. The number of anilines is 1. The van der Waals surface area contributed by atoms with Crippen LogP contribution in [0.25, 0.3) is 0 Å². The molecule has 0 atom stereocenters. The van der Waals surface area contributed by atoms with E-state index in [9.17, 15) is 9.59 Å². The predicted octanol–water partition coefficient (Wildman–Crippen LogP) is 1.51. The molecule has 0 radical (unpaired) electrons. The average molecular weight is 286 g/mol. The number of hydrogen-bond donors (Lipinski definition) is 3. The minimum atomic E-state index is -0.621. The molecule has 0 aliphatic heterocycles. The number of rotatable bonds is 5. The maximum atomic E-state index is 11.7. The number of phenols is 1. The number of nitrogens with one attached hydrogen (secondary N) is 1. The van der Waals surface area contributed by atoms with Gasteiger partial charge in [0.1, 0.15) is 11.5 Å². The lowest BCUT2D eigenvalue weighted by molar-refractivity contribution is -0.118. The van der Waals surface area contributed by atoms with Gasteiger partial charge in [-0.2, -0.15) is 0 Å². The van der Waals surface area contributed by atoms with E-state index in [1.54, 1.807) is 30.3 Å². The molecule has 0 saturated carbocycles. The van der Waals surface area contributed by atoms with Gasteiger partial charge in [0.25, 0.3) is 11.8 Å². The van der Waals surface area contributed by atoms with E-state index in [1.807, 2.05) is 0 Å². The Morgan fingerprint density at radius 2 is 1.76 bits per heavy atom. The van der Waals surface area contributed by atoms with Crippen molar-refractivity contribution >= 4 is 17.5 Å². The van der Waals surface area contributed by atoms with Crippen LogP contribution in [0.2, 0.25) is 0 Å². The molecule has 0 fully saturated rings. The number of carbonyl (C=O) groups is 2. The van der Waals surface area contributed by atoms with Crippen molar-refractivity contribution < 1.29 is 19.4 Å². The minimum absolute atomic E-state index is 0.111. The number of nitrogens with two attached hydrogens (primary N) is 1. The van der Waals surface area contributed by atoms with Crippen molar-refractivity contribution in [2.45, 2.75) is 0 Å². The second kappa shape index (κ2) is 6.42. The van der Waals surface area contributed by atoms with Crippen LogP contribution in [-0.4, -0.2) is 23.5 Å². The first kappa shape index (κ1) is 14.4. The normalized spacial score (nSPS) is 9.90. The van der Waals surface area contributed by atoms with Gasteiger partial charge in [0.05, 0.1) is 5.56 Å². The fraction of sp³-hybridized carbons (Fsp3) is 0.0667. The standard InChI is InChI=1S/C15H14N2O4/c16-15(20)12-3-1-2-4-13(12)21-9-14(19)17-10-5-7-11(18)8-6-10/h1-8,18H,9H2,(H2,16,20)(H,17,19). The average Bonchev–Trinajstić information content (AvgIpc) is 2.48. The maximum absolute atomic E-state index is 11.7. The third-order valence-corrected chi connectivity index (χ3v) is 2.66. The summed E-state index contributed by atoms with van der Waals surface area (Å²) in [6, 6.07) is 12.5. The van der Waals surface area contributed by atoms with Crippen LogP contribution in [0, 0.1) is 0 Å². The number of amides is 2. The Morgan fingerprint density at radius 3 is 2.43 bits per heavy atom. The molecule has 2 rings (SSSR count). The van der Waals surface area contributed by atoms with Crippen LogP contribution in [0.5, 0.6) is 11.5 Å². The highest BCUT2D eigenvalue weighted by Gasteiger charge is 2.10. The van der Waals surface area contributed by atoms with E-state index in [2.05, 4.69) is 5.32 Å². The molecule has 0 aliphatic rings. The number of ether oxygens (including phenoxy) is 1. The van der Waals surface area contributed by atoms with Gasteiger partial charge in [-0.05, 0) is 36.4 Å². The van der Waals surface area contributed by atoms with Crippen LogP contribution >= 0.6 is 0 Å². The number of primary amides is 1. The molecule has 0 aromatic heterocycles. The summed E-state index contributed by atoms with van der Waals surface area (Å²) in [6.07, 6.45) is 0. The molecule has 0 bridgehead atoms. The zero-order valence-corrected chi connectivity index (χ0v) is 11.1. The molecule has 0 saturated heterocycles. The van der Waals surface area contributed by atoms with E-state index in [0.29, 0.717) is 5.69 Å². The van der Waals surface area contributed by atoms with Crippen LogP contribution < -0.4 is 15.8 Å². The molecule has 6 nitrogen and oxygen atoms in total. The first-order chi connectivity index (χ1) is 10.1. The molecule has 21 heavy (non-hydrogen) atoms. The van der Waals surface area contributed by atoms with Crippen molar-refractivity contribution in [3.63, 3.8) is 0 Å². The molecule has 0 spiro atoms. The van der Waals surface area contributed by atoms with Crippen molar-refractivity contribution in [1.82, 2.24) is 0 Å². The van der Waals surface area contributed by atoms with Crippen LogP contribution in [0.15, 0.2) is 48.5 Å². The molecule has 0 aliphatic carbocycles. The van der Waals surface area contributed by atoms with Gasteiger partial charge < -0.3 is 20.9 Å². The van der Waals surface area contributed by atoms with Crippen molar-refractivity contribution in [2.24, 2.45) is 5.73 Å². The van der Waals surface area contributed by atoms with Gasteiger partial charge in [-0.25, -0.2) is 0 Å². The summed E-state index contributed by atoms with van der Waals surface area (Å²) in [5.41, 5.74) is 5.97. The van der Waals surface area contributed by atoms with E-state index in [1.165, 1.54) is 18.2 Å². The zero-order chi connectivity index (χ0) is 15.2. The molecule has 4 N–H and O–H groups in total. The molecule has 108 valence electrons. The minimum Gasteiger partial charge on any atom is -0.508 e. The van der Waals surface area contributed by atoms with Crippen LogP contribution in [0.4, 0.5) is 5.69 Å². The summed E-state index contributed by atoms with van der Waals surface area (Å²) in [4.78, 5) is 22.9. The predicted molar refractivity (Wildman–Crippen MR) is 77.2 cm³/mol. The second-order valence-corrected chi connectivity index (χ2v) is 4.24. The van der Waals surface area contributed by atoms with Gasteiger partial charge in [-0.15, -0.1) is 0 Å². The van der Waals surface area contributed by atoms with Crippen LogP contribution in [-0.2, 0) is 4.79 Å². The Bertz CT molecular complexity index is 653.